The molecule has 4 rings (SSSR count). The van der Waals surface area contributed by atoms with Crippen molar-refractivity contribution in [3.8, 4) is 0 Å². The van der Waals surface area contributed by atoms with Crippen molar-refractivity contribution in [1.82, 2.24) is 19.4 Å². The van der Waals surface area contributed by atoms with Gasteiger partial charge in [0.05, 0.1) is 6.54 Å². The summed E-state index contributed by atoms with van der Waals surface area (Å²) < 4.78 is 1.94. The summed E-state index contributed by atoms with van der Waals surface area (Å²) in [6, 6.07) is 5.94. The highest BCUT2D eigenvalue weighted by Crippen LogP contribution is 2.36. The molecule has 1 amide bonds. The van der Waals surface area contributed by atoms with Gasteiger partial charge in [0.2, 0.25) is 5.91 Å². The number of pyridine rings is 1. The standard InChI is InChI=1S/C20H26N6O2S/c1-24(12-17(21)27)10-14-3-4-16-15-7-13(9-26(16)19(14)28)8-25(11-15)18-5-6-22-20(23-18)29-2/h3-6,13,15H,7-12H2,1-2H3,(H2,21,27)/t13-,15+/m0/s1. The van der Waals surface area contributed by atoms with Crippen molar-refractivity contribution in [2.75, 3.05) is 37.8 Å². The SMILES string of the molecule is CSc1nccc(N2C[C@@H]3C[C@H](C2)c2ccc(CN(C)CC(N)=O)c(=O)n2C3)n1. The number of anilines is 1. The Hall–Kier alpha value is -2.39. The van der Waals surface area contributed by atoms with Gasteiger partial charge in [0.15, 0.2) is 5.16 Å². The zero-order chi connectivity index (χ0) is 20.5. The molecule has 0 aromatic carbocycles. The molecule has 0 aliphatic carbocycles. The summed E-state index contributed by atoms with van der Waals surface area (Å²) in [5.74, 6) is 1.28. The van der Waals surface area contributed by atoms with Gasteiger partial charge >= 0.3 is 0 Å². The van der Waals surface area contributed by atoms with E-state index in [2.05, 4.69) is 20.9 Å². The number of thioether (sulfide) groups is 1. The molecule has 0 spiro atoms. The van der Waals surface area contributed by atoms with Crippen LogP contribution in [0.3, 0.4) is 0 Å². The average molecular weight is 415 g/mol. The summed E-state index contributed by atoms with van der Waals surface area (Å²) in [5.41, 5.74) is 7.11. The summed E-state index contributed by atoms with van der Waals surface area (Å²) in [6.07, 6.45) is 4.88. The molecule has 2 aromatic heterocycles. The lowest BCUT2D eigenvalue weighted by Crippen LogP contribution is -2.48. The number of carbonyl (C=O) groups excluding carboxylic acids is 1. The predicted octanol–water partition coefficient (Wildman–Crippen LogP) is 0.901. The van der Waals surface area contributed by atoms with Crippen LogP contribution < -0.4 is 16.2 Å². The maximum absolute atomic E-state index is 13.1. The molecule has 1 saturated heterocycles. The molecule has 0 unspecified atom stereocenters. The van der Waals surface area contributed by atoms with E-state index in [1.165, 1.54) is 0 Å². The minimum Gasteiger partial charge on any atom is -0.369 e. The molecule has 1 fully saturated rings. The first-order valence-electron chi connectivity index (χ1n) is 9.76. The summed E-state index contributed by atoms with van der Waals surface area (Å²) in [7, 11) is 1.80. The first kappa shape index (κ1) is 19.9. The highest BCUT2D eigenvalue weighted by atomic mass is 32.2. The van der Waals surface area contributed by atoms with E-state index < -0.39 is 5.91 Å². The van der Waals surface area contributed by atoms with Crippen LogP contribution in [0, 0.1) is 5.92 Å². The van der Waals surface area contributed by atoms with Crippen molar-refractivity contribution in [3.63, 3.8) is 0 Å². The maximum Gasteiger partial charge on any atom is 0.255 e. The van der Waals surface area contributed by atoms with Crippen molar-refractivity contribution >= 4 is 23.5 Å². The smallest absolute Gasteiger partial charge is 0.255 e. The average Bonchev–Trinajstić information content (AvgIpc) is 2.70. The van der Waals surface area contributed by atoms with E-state index >= 15 is 0 Å². The van der Waals surface area contributed by atoms with Crippen LogP contribution in [-0.2, 0) is 17.9 Å². The van der Waals surface area contributed by atoms with Crippen LogP contribution in [0.25, 0.3) is 0 Å². The molecule has 9 heteroatoms. The second-order valence-corrected chi connectivity index (χ2v) is 8.72. The fraction of sp³-hybridized carbons (Fsp3) is 0.500. The Kier molecular flexibility index (Phi) is 5.60. The van der Waals surface area contributed by atoms with Gasteiger partial charge in [-0.2, -0.15) is 0 Å². The fourth-order valence-electron chi connectivity index (χ4n) is 4.52. The monoisotopic (exact) mass is 414 g/mol. The van der Waals surface area contributed by atoms with Gasteiger partial charge in [-0.25, -0.2) is 9.97 Å². The number of hydrogen-bond donors (Lipinski definition) is 1. The number of rotatable bonds is 6. The number of nitrogens with zero attached hydrogens (tertiary/aromatic N) is 5. The Morgan fingerprint density at radius 3 is 2.90 bits per heavy atom. The second-order valence-electron chi connectivity index (χ2n) is 7.94. The summed E-state index contributed by atoms with van der Waals surface area (Å²) >= 11 is 1.54. The number of nitrogens with two attached hydrogens (primary N) is 1. The van der Waals surface area contributed by atoms with E-state index in [-0.39, 0.29) is 12.1 Å². The third-order valence-corrected chi connectivity index (χ3v) is 6.24. The van der Waals surface area contributed by atoms with Crippen molar-refractivity contribution in [3.05, 3.63) is 46.0 Å². The number of piperidine rings is 1. The van der Waals surface area contributed by atoms with Gasteiger partial charge in [-0.05, 0) is 37.8 Å². The quantitative estimate of drug-likeness (QED) is 0.554. The maximum atomic E-state index is 13.1. The topological polar surface area (TPSA) is 97.4 Å². The van der Waals surface area contributed by atoms with Crippen molar-refractivity contribution < 1.29 is 4.79 Å². The van der Waals surface area contributed by atoms with Crippen LogP contribution >= 0.6 is 11.8 Å². The predicted molar refractivity (Wildman–Crippen MR) is 113 cm³/mol. The molecule has 0 radical (unpaired) electrons. The molecule has 2 atom stereocenters. The van der Waals surface area contributed by atoms with Gasteiger partial charge in [-0.15, -0.1) is 0 Å². The van der Waals surface area contributed by atoms with E-state index in [1.54, 1.807) is 23.7 Å². The molecule has 29 heavy (non-hydrogen) atoms. The first-order chi connectivity index (χ1) is 13.9. The lowest BCUT2D eigenvalue weighted by atomic mass is 9.83. The lowest BCUT2D eigenvalue weighted by molar-refractivity contribution is -0.118. The molecule has 4 heterocycles. The first-order valence-corrected chi connectivity index (χ1v) is 11.0. The normalized spacial score (nSPS) is 20.6. The molecule has 2 aliphatic rings. The van der Waals surface area contributed by atoms with Crippen molar-refractivity contribution in [1.29, 1.82) is 0 Å². The van der Waals surface area contributed by atoms with Crippen molar-refractivity contribution in [2.45, 2.75) is 30.6 Å². The summed E-state index contributed by atoms with van der Waals surface area (Å²) in [4.78, 5) is 37.2. The van der Waals surface area contributed by atoms with Gasteiger partial charge in [0.25, 0.3) is 5.56 Å². The Morgan fingerprint density at radius 1 is 1.31 bits per heavy atom. The second kappa shape index (κ2) is 8.16. The van der Waals surface area contributed by atoms with Gasteiger partial charge in [-0.3, -0.25) is 14.5 Å². The number of hydrogen-bond acceptors (Lipinski definition) is 7. The van der Waals surface area contributed by atoms with E-state index in [9.17, 15) is 9.59 Å². The van der Waals surface area contributed by atoms with E-state index in [0.717, 1.165) is 42.7 Å². The van der Waals surface area contributed by atoms with E-state index in [0.29, 0.717) is 23.9 Å². The molecule has 2 N–H and O–H groups in total. The molecule has 8 nitrogen and oxygen atoms in total. The Bertz CT molecular complexity index is 978. The fourth-order valence-corrected chi connectivity index (χ4v) is 4.87. The number of fused-ring (bicyclic) bond motifs is 4. The molecular weight excluding hydrogens is 388 g/mol. The van der Waals surface area contributed by atoms with E-state index in [4.69, 9.17) is 5.73 Å². The highest BCUT2D eigenvalue weighted by molar-refractivity contribution is 7.98. The third kappa shape index (κ3) is 4.16. The Morgan fingerprint density at radius 2 is 2.14 bits per heavy atom. The Balaban J connectivity index is 1.57. The molecule has 2 aromatic rings. The summed E-state index contributed by atoms with van der Waals surface area (Å²) in [6.45, 7) is 3.01. The number of primary amides is 1. The molecular formula is C20H26N6O2S. The third-order valence-electron chi connectivity index (χ3n) is 5.67. The lowest BCUT2D eigenvalue weighted by Gasteiger charge is -2.43. The van der Waals surface area contributed by atoms with Crippen LogP contribution in [0.15, 0.2) is 34.3 Å². The molecule has 154 valence electrons. The van der Waals surface area contributed by atoms with Gasteiger partial charge in [0, 0.05) is 49.6 Å². The highest BCUT2D eigenvalue weighted by Gasteiger charge is 2.35. The number of amides is 1. The minimum atomic E-state index is -0.394. The van der Waals surface area contributed by atoms with Crippen molar-refractivity contribution in [2.24, 2.45) is 11.7 Å². The number of aromatic nitrogens is 3. The molecule has 0 saturated carbocycles. The van der Waals surface area contributed by atoms with Crippen LogP contribution in [0.4, 0.5) is 5.82 Å². The minimum absolute atomic E-state index is 0.0497. The molecule has 2 bridgehead atoms. The Labute approximate surface area is 174 Å². The summed E-state index contributed by atoms with van der Waals surface area (Å²) in [5, 5.41) is 0.777. The largest absolute Gasteiger partial charge is 0.369 e. The van der Waals surface area contributed by atoms with Crippen LogP contribution in [0.5, 0.6) is 0 Å². The van der Waals surface area contributed by atoms with Gasteiger partial charge < -0.3 is 15.2 Å². The van der Waals surface area contributed by atoms with Crippen LogP contribution in [-0.4, -0.2) is 58.3 Å². The number of likely N-dealkylation sites (N-methyl/N-ethyl adjacent to an activating group) is 1. The molecule has 2 aliphatic heterocycles. The van der Waals surface area contributed by atoms with Gasteiger partial charge in [0.1, 0.15) is 5.82 Å². The zero-order valence-corrected chi connectivity index (χ0v) is 17.6. The number of carbonyl (C=O) groups is 1. The zero-order valence-electron chi connectivity index (χ0n) is 16.7. The van der Waals surface area contributed by atoms with E-state index in [1.807, 2.05) is 29.2 Å². The van der Waals surface area contributed by atoms with Crippen LogP contribution in [0.1, 0.15) is 23.6 Å². The van der Waals surface area contributed by atoms with Gasteiger partial charge in [-0.1, -0.05) is 17.8 Å². The van der Waals surface area contributed by atoms with Crippen LogP contribution in [0.2, 0.25) is 0 Å².